The molecule has 15 heavy (non-hydrogen) atoms. The fraction of sp³-hybridized carbons (Fsp3) is 0.500. The first-order chi connectivity index (χ1) is 7.04. The smallest absolute Gasteiger partial charge is 0.127 e. The molecule has 0 saturated heterocycles. The normalized spacial score (nSPS) is 15.0. The van der Waals surface area contributed by atoms with Gasteiger partial charge in [-0.25, -0.2) is 4.39 Å². The maximum Gasteiger partial charge on any atom is 0.127 e. The molecule has 1 aromatic carbocycles. The third-order valence-corrected chi connectivity index (χ3v) is 4.61. The molecule has 0 aliphatic rings. The van der Waals surface area contributed by atoms with Gasteiger partial charge in [-0.3, -0.25) is 0 Å². The monoisotopic (exact) mass is 336 g/mol. The van der Waals surface area contributed by atoms with E-state index in [9.17, 15) is 4.39 Å². The Morgan fingerprint density at radius 2 is 2.07 bits per heavy atom. The van der Waals surface area contributed by atoms with Crippen LogP contribution in [0.3, 0.4) is 0 Å². The third-order valence-electron chi connectivity index (χ3n) is 2.56. The summed E-state index contributed by atoms with van der Waals surface area (Å²) >= 11 is 6.86. The van der Waals surface area contributed by atoms with Gasteiger partial charge in [0.15, 0.2) is 0 Å². The van der Waals surface area contributed by atoms with Crippen molar-refractivity contribution in [2.24, 2.45) is 5.92 Å². The first-order valence-electron chi connectivity index (χ1n) is 5.12. The molecule has 0 radical (unpaired) electrons. The molecule has 2 unspecified atom stereocenters. The minimum Gasteiger partial charge on any atom is -0.207 e. The molecule has 0 bridgehead atoms. The molecule has 0 nitrogen and oxygen atoms in total. The lowest BCUT2D eigenvalue weighted by Crippen LogP contribution is -2.13. The van der Waals surface area contributed by atoms with E-state index in [1.54, 1.807) is 0 Å². The highest BCUT2D eigenvalue weighted by molar-refractivity contribution is 9.10. The van der Waals surface area contributed by atoms with E-state index in [-0.39, 0.29) is 5.82 Å². The minimum absolute atomic E-state index is 0.118. The van der Waals surface area contributed by atoms with Crippen molar-refractivity contribution in [2.45, 2.75) is 31.5 Å². The molecule has 0 aliphatic heterocycles. The van der Waals surface area contributed by atoms with Crippen LogP contribution in [0, 0.1) is 11.7 Å². The van der Waals surface area contributed by atoms with E-state index in [0.717, 1.165) is 22.9 Å². The van der Waals surface area contributed by atoms with Crippen LogP contribution in [-0.4, -0.2) is 4.83 Å². The Bertz CT molecular complexity index is 325. The molecule has 3 heteroatoms. The van der Waals surface area contributed by atoms with Gasteiger partial charge in [0.05, 0.1) is 0 Å². The van der Waals surface area contributed by atoms with Crippen LogP contribution in [0.5, 0.6) is 0 Å². The summed E-state index contributed by atoms with van der Waals surface area (Å²) < 4.78 is 14.3. The van der Waals surface area contributed by atoms with Crippen molar-refractivity contribution in [3.05, 3.63) is 34.1 Å². The SMILES string of the molecule is CCC(Br)C(C)Cc1ccc(Br)cc1F. The standard InChI is InChI=1S/C12H15Br2F/c1-3-11(14)8(2)6-9-4-5-10(13)7-12(9)15/h4-5,7-8,11H,3,6H2,1-2H3. The second-order valence-electron chi connectivity index (χ2n) is 3.84. The highest BCUT2D eigenvalue weighted by Crippen LogP contribution is 2.23. The Hall–Kier alpha value is 0.110. The zero-order valence-electron chi connectivity index (χ0n) is 8.93. The van der Waals surface area contributed by atoms with Crippen molar-refractivity contribution < 1.29 is 4.39 Å². The summed E-state index contributed by atoms with van der Waals surface area (Å²) in [5, 5.41) is 0. The molecule has 84 valence electrons. The van der Waals surface area contributed by atoms with E-state index in [2.05, 4.69) is 45.7 Å². The largest absolute Gasteiger partial charge is 0.207 e. The second kappa shape index (κ2) is 6.00. The van der Waals surface area contributed by atoms with Gasteiger partial charge in [0.1, 0.15) is 5.82 Å². The average molecular weight is 338 g/mol. The number of rotatable bonds is 4. The predicted molar refractivity (Wildman–Crippen MR) is 70.0 cm³/mol. The van der Waals surface area contributed by atoms with Gasteiger partial charge in [0, 0.05) is 9.30 Å². The molecular weight excluding hydrogens is 323 g/mol. The molecule has 0 aliphatic carbocycles. The van der Waals surface area contributed by atoms with E-state index in [1.165, 1.54) is 6.07 Å². The quantitative estimate of drug-likeness (QED) is 0.682. The van der Waals surface area contributed by atoms with E-state index < -0.39 is 0 Å². The Morgan fingerprint density at radius 1 is 1.40 bits per heavy atom. The zero-order valence-corrected chi connectivity index (χ0v) is 12.1. The summed E-state index contributed by atoms with van der Waals surface area (Å²) in [6.45, 7) is 4.28. The summed E-state index contributed by atoms with van der Waals surface area (Å²) in [6, 6.07) is 5.27. The van der Waals surface area contributed by atoms with Crippen LogP contribution in [0.1, 0.15) is 25.8 Å². The fourth-order valence-electron chi connectivity index (χ4n) is 1.56. The molecule has 0 amide bonds. The summed E-state index contributed by atoms with van der Waals surface area (Å²) in [6.07, 6.45) is 1.85. The number of alkyl halides is 1. The summed E-state index contributed by atoms with van der Waals surface area (Å²) in [7, 11) is 0. The van der Waals surface area contributed by atoms with E-state index in [0.29, 0.717) is 10.7 Å². The lowest BCUT2D eigenvalue weighted by molar-refractivity contribution is 0.521. The molecule has 0 heterocycles. The molecule has 0 spiro atoms. The topological polar surface area (TPSA) is 0 Å². The molecule has 1 aromatic rings. The van der Waals surface area contributed by atoms with Gasteiger partial charge in [-0.05, 0) is 36.5 Å². The van der Waals surface area contributed by atoms with E-state index in [4.69, 9.17) is 0 Å². The summed E-state index contributed by atoms with van der Waals surface area (Å²) in [5.41, 5.74) is 0.795. The fourth-order valence-corrected chi connectivity index (χ4v) is 2.08. The Labute approximate surface area is 108 Å². The van der Waals surface area contributed by atoms with Crippen molar-refractivity contribution in [1.29, 1.82) is 0 Å². The van der Waals surface area contributed by atoms with Crippen LogP contribution >= 0.6 is 31.9 Å². The Morgan fingerprint density at radius 3 is 2.60 bits per heavy atom. The maximum atomic E-state index is 13.5. The third kappa shape index (κ3) is 3.87. The van der Waals surface area contributed by atoms with Crippen molar-refractivity contribution in [2.75, 3.05) is 0 Å². The van der Waals surface area contributed by atoms with Crippen LogP contribution in [-0.2, 0) is 6.42 Å². The van der Waals surface area contributed by atoms with Crippen LogP contribution < -0.4 is 0 Å². The van der Waals surface area contributed by atoms with Gasteiger partial charge in [0.2, 0.25) is 0 Å². The first-order valence-corrected chi connectivity index (χ1v) is 6.83. The Balaban J connectivity index is 2.72. The van der Waals surface area contributed by atoms with Crippen molar-refractivity contribution >= 4 is 31.9 Å². The Kier molecular flexibility index (Phi) is 5.27. The number of benzene rings is 1. The van der Waals surface area contributed by atoms with Gasteiger partial charge in [-0.1, -0.05) is 51.8 Å². The molecule has 0 N–H and O–H groups in total. The van der Waals surface area contributed by atoms with Gasteiger partial charge < -0.3 is 0 Å². The van der Waals surface area contributed by atoms with Crippen LogP contribution in [0.15, 0.2) is 22.7 Å². The molecule has 2 atom stereocenters. The first kappa shape index (κ1) is 13.2. The minimum atomic E-state index is -0.118. The summed E-state index contributed by atoms with van der Waals surface area (Å²) in [5.74, 6) is 0.331. The highest BCUT2D eigenvalue weighted by atomic mass is 79.9. The van der Waals surface area contributed by atoms with Gasteiger partial charge in [-0.2, -0.15) is 0 Å². The number of halogens is 3. The summed E-state index contributed by atoms with van der Waals surface area (Å²) in [4.78, 5) is 0.459. The molecular formula is C12H15Br2F. The van der Waals surface area contributed by atoms with E-state index in [1.807, 2.05) is 12.1 Å². The molecule has 0 saturated carbocycles. The highest BCUT2D eigenvalue weighted by Gasteiger charge is 2.14. The molecule has 1 rings (SSSR count). The second-order valence-corrected chi connectivity index (χ2v) is 5.93. The number of hydrogen-bond donors (Lipinski definition) is 0. The van der Waals surface area contributed by atoms with Gasteiger partial charge >= 0.3 is 0 Å². The van der Waals surface area contributed by atoms with E-state index >= 15 is 0 Å². The van der Waals surface area contributed by atoms with Gasteiger partial charge in [0.25, 0.3) is 0 Å². The zero-order chi connectivity index (χ0) is 11.4. The number of hydrogen-bond acceptors (Lipinski definition) is 0. The molecule has 0 fully saturated rings. The molecule has 0 aromatic heterocycles. The predicted octanol–water partition coefficient (Wildman–Crippen LogP) is 4.94. The van der Waals surface area contributed by atoms with Crippen LogP contribution in [0.25, 0.3) is 0 Å². The maximum absolute atomic E-state index is 13.5. The lowest BCUT2D eigenvalue weighted by Gasteiger charge is -2.17. The average Bonchev–Trinajstić information content (AvgIpc) is 2.20. The van der Waals surface area contributed by atoms with Gasteiger partial charge in [-0.15, -0.1) is 0 Å². The van der Waals surface area contributed by atoms with Crippen molar-refractivity contribution in [3.63, 3.8) is 0 Å². The van der Waals surface area contributed by atoms with Crippen LogP contribution in [0.2, 0.25) is 0 Å². The van der Waals surface area contributed by atoms with Crippen LogP contribution in [0.4, 0.5) is 4.39 Å². The van der Waals surface area contributed by atoms with Crippen molar-refractivity contribution in [3.8, 4) is 0 Å². The lowest BCUT2D eigenvalue weighted by atomic mass is 9.96. The van der Waals surface area contributed by atoms with Crippen molar-refractivity contribution in [1.82, 2.24) is 0 Å².